The number of carbonyl (C=O) groups is 1. The Kier molecular flexibility index (Phi) is 4.75. The number of halogens is 3. The van der Waals surface area contributed by atoms with Crippen molar-refractivity contribution in [1.82, 2.24) is 9.97 Å². The van der Waals surface area contributed by atoms with Crippen molar-refractivity contribution in [1.29, 1.82) is 0 Å². The van der Waals surface area contributed by atoms with Gasteiger partial charge in [-0.25, -0.2) is 9.97 Å². The molecule has 1 amide bonds. The van der Waals surface area contributed by atoms with E-state index >= 15 is 0 Å². The maximum absolute atomic E-state index is 13.1. The van der Waals surface area contributed by atoms with Gasteiger partial charge in [-0.05, 0) is 18.6 Å². The molecule has 0 radical (unpaired) electrons. The largest absolute Gasteiger partial charge is 0.417 e. The third-order valence-electron chi connectivity index (χ3n) is 3.01. The molecule has 0 aliphatic rings. The monoisotopic (exact) mass is 309 g/mol. The van der Waals surface area contributed by atoms with Gasteiger partial charge in [-0.15, -0.1) is 0 Å². The highest BCUT2D eigenvalue weighted by atomic mass is 19.4. The van der Waals surface area contributed by atoms with Crippen molar-refractivity contribution in [3.8, 4) is 0 Å². The molecule has 22 heavy (non-hydrogen) atoms. The Morgan fingerprint density at radius 1 is 1.18 bits per heavy atom. The summed E-state index contributed by atoms with van der Waals surface area (Å²) in [5.41, 5.74) is -0.961. The van der Waals surface area contributed by atoms with Gasteiger partial charge in [0, 0.05) is 6.54 Å². The maximum atomic E-state index is 13.1. The van der Waals surface area contributed by atoms with Crippen LogP contribution in [0, 0.1) is 0 Å². The van der Waals surface area contributed by atoms with Gasteiger partial charge in [-0.3, -0.25) is 4.79 Å². The van der Waals surface area contributed by atoms with Gasteiger partial charge in [0.25, 0.3) is 5.91 Å². The molecule has 0 fully saturated rings. The summed E-state index contributed by atoms with van der Waals surface area (Å²) >= 11 is 0. The number of nitrogens with zero attached hydrogens (tertiary/aromatic N) is 3. The fraction of sp³-hybridized carbons (Fsp3) is 0.267. The predicted octanol–water partition coefficient (Wildman–Crippen LogP) is 3.55. The van der Waals surface area contributed by atoms with Crippen molar-refractivity contribution in [2.45, 2.75) is 19.5 Å². The first-order valence-electron chi connectivity index (χ1n) is 6.68. The van der Waals surface area contributed by atoms with Crippen molar-refractivity contribution in [3.05, 3.63) is 54.1 Å². The maximum Gasteiger partial charge on any atom is 0.417 e. The third kappa shape index (κ3) is 3.41. The molecule has 0 saturated heterocycles. The highest BCUT2D eigenvalue weighted by Crippen LogP contribution is 2.32. The van der Waals surface area contributed by atoms with E-state index in [0.29, 0.717) is 12.1 Å². The fourth-order valence-electron chi connectivity index (χ4n) is 2.06. The van der Waals surface area contributed by atoms with Crippen molar-refractivity contribution < 1.29 is 18.0 Å². The van der Waals surface area contributed by atoms with Crippen molar-refractivity contribution in [2.24, 2.45) is 0 Å². The topological polar surface area (TPSA) is 46.1 Å². The van der Waals surface area contributed by atoms with Crippen molar-refractivity contribution >= 4 is 11.6 Å². The molecule has 0 saturated carbocycles. The summed E-state index contributed by atoms with van der Waals surface area (Å²) in [6, 6.07) is 4.75. The zero-order valence-corrected chi connectivity index (χ0v) is 11.8. The molecular formula is C15H14F3N3O. The van der Waals surface area contributed by atoms with Crippen LogP contribution in [0.25, 0.3) is 0 Å². The minimum Gasteiger partial charge on any atom is -0.305 e. The molecule has 0 unspecified atom stereocenters. The highest BCUT2D eigenvalue weighted by Gasteiger charge is 2.36. The average Bonchev–Trinajstić information content (AvgIpc) is 2.52. The number of benzene rings is 1. The second kappa shape index (κ2) is 6.55. The molecule has 1 aromatic carbocycles. The number of hydrogen-bond donors (Lipinski definition) is 0. The third-order valence-corrected chi connectivity index (χ3v) is 3.01. The van der Waals surface area contributed by atoms with Crippen LogP contribution in [0.5, 0.6) is 0 Å². The molecule has 1 heterocycles. The Bertz CT molecular complexity index is 644. The van der Waals surface area contributed by atoms with Crippen LogP contribution in [-0.2, 0) is 6.18 Å². The Hall–Kier alpha value is -2.44. The molecule has 0 aliphatic heterocycles. The van der Waals surface area contributed by atoms with Crippen molar-refractivity contribution in [2.75, 3.05) is 11.4 Å². The number of hydrogen-bond acceptors (Lipinski definition) is 3. The summed E-state index contributed by atoms with van der Waals surface area (Å²) in [6.45, 7) is 2.11. The molecule has 2 aromatic rings. The van der Waals surface area contributed by atoms with Gasteiger partial charge in [-0.2, -0.15) is 13.2 Å². The van der Waals surface area contributed by atoms with E-state index in [1.54, 1.807) is 0 Å². The van der Waals surface area contributed by atoms with Gasteiger partial charge >= 0.3 is 6.18 Å². The smallest absolute Gasteiger partial charge is 0.305 e. The van der Waals surface area contributed by atoms with Crippen LogP contribution in [0.1, 0.15) is 29.3 Å². The normalized spacial score (nSPS) is 11.3. The molecule has 116 valence electrons. The van der Waals surface area contributed by atoms with Gasteiger partial charge < -0.3 is 4.90 Å². The Morgan fingerprint density at radius 3 is 2.41 bits per heavy atom. The van der Waals surface area contributed by atoms with Crippen LogP contribution in [0.2, 0.25) is 0 Å². The first-order chi connectivity index (χ1) is 10.4. The fourth-order valence-corrected chi connectivity index (χ4v) is 2.06. The van der Waals surface area contributed by atoms with E-state index in [-0.39, 0.29) is 12.1 Å². The quantitative estimate of drug-likeness (QED) is 0.867. The van der Waals surface area contributed by atoms with E-state index in [1.807, 2.05) is 6.92 Å². The van der Waals surface area contributed by atoms with Crippen LogP contribution >= 0.6 is 0 Å². The standard InChI is InChI=1S/C15H14F3N3O/c1-2-7-21(11-8-19-10-20-9-11)14(22)12-5-3-4-6-13(12)15(16,17)18/h3-6,8-10H,2,7H2,1H3. The minimum atomic E-state index is -4.59. The van der Waals surface area contributed by atoms with E-state index < -0.39 is 17.6 Å². The summed E-state index contributed by atoms with van der Waals surface area (Å²) in [6.07, 6.45) is 0.0986. The van der Waals surface area contributed by atoms with E-state index in [0.717, 1.165) is 6.07 Å². The molecule has 1 aromatic heterocycles. The average molecular weight is 309 g/mol. The zero-order chi connectivity index (χ0) is 16.2. The lowest BCUT2D eigenvalue weighted by molar-refractivity contribution is -0.137. The lowest BCUT2D eigenvalue weighted by atomic mass is 10.1. The van der Waals surface area contributed by atoms with Crippen LogP contribution in [-0.4, -0.2) is 22.4 Å². The first kappa shape index (κ1) is 15.9. The van der Waals surface area contributed by atoms with Crippen LogP contribution in [0.4, 0.5) is 18.9 Å². The summed E-state index contributed by atoms with van der Waals surface area (Å²) in [7, 11) is 0. The van der Waals surface area contributed by atoms with Gasteiger partial charge in [-0.1, -0.05) is 19.1 Å². The van der Waals surface area contributed by atoms with Crippen molar-refractivity contribution in [3.63, 3.8) is 0 Å². The SMILES string of the molecule is CCCN(C(=O)c1ccccc1C(F)(F)F)c1cncnc1. The van der Waals surface area contributed by atoms with Gasteiger partial charge in [0.1, 0.15) is 6.33 Å². The molecular weight excluding hydrogens is 295 g/mol. The Balaban J connectivity index is 2.45. The lowest BCUT2D eigenvalue weighted by Gasteiger charge is -2.23. The second-order valence-corrected chi connectivity index (χ2v) is 4.60. The zero-order valence-electron chi connectivity index (χ0n) is 11.8. The number of carbonyl (C=O) groups excluding carboxylic acids is 1. The number of alkyl halides is 3. The van der Waals surface area contributed by atoms with E-state index in [1.165, 1.54) is 41.8 Å². The Morgan fingerprint density at radius 2 is 1.82 bits per heavy atom. The van der Waals surface area contributed by atoms with Gasteiger partial charge in [0.15, 0.2) is 0 Å². The minimum absolute atomic E-state index is 0.276. The predicted molar refractivity (Wildman–Crippen MR) is 75.4 cm³/mol. The summed E-state index contributed by atoms with van der Waals surface area (Å²) in [5.74, 6) is -0.718. The first-order valence-corrected chi connectivity index (χ1v) is 6.68. The van der Waals surface area contributed by atoms with E-state index in [4.69, 9.17) is 0 Å². The van der Waals surface area contributed by atoms with E-state index in [9.17, 15) is 18.0 Å². The number of aromatic nitrogens is 2. The highest BCUT2D eigenvalue weighted by molar-refractivity contribution is 6.07. The summed E-state index contributed by atoms with van der Waals surface area (Å²) < 4.78 is 39.2. The molecule has 0 spiro atoms. The number of rotatable bonds is 4. The lowest BCUT2D eigenvalue weighted by Crippen LogP contribution is -2.33. The summed E-state index contributed by atoms with van der Waals surface area (Å²) in [5, 5.41) is 0. The van der Waals surface area contributed by atoms with Crippen LogP contribution in [0.3, 0.4) is 0 Å². The molecule has 0 bridgehead atoms. The molecule has 0 aliphatic carbocycles. The molecule has 0 atom stereocenters. The second-order valence-electron chi connectivity index (χ2n) is 4.60. The van der Waals surface area contributed by atoms with Crippen LogP contribution < -0.4 is 4.90 Å². The number of amides is 1. The number of anilines is 1. The molecule has 4 nitrogen and oxygen atoms in total. The molecule has 2 rings (SSSR count). The molecule has 7 heteroatoms. The van der Waals surface area contributed by atoms with E-state index in [2.05, 4.69) is 9.97 Å². The van der Waals surface area contributed by atoms with Crippen LogP contribution in [0.15, 0.2) is 43.0 Å². The van der Waals surface area contributed by atoms with Gasteiger partial charge in [0.05, 0.1) is 29.2 Å². The Labute approximate surface area is 125 Å². The van der Waals surface area contributed by atoms with Gasteiger partial charge in [0.2, 0.25) is 0 Å². The summed E-state index contributed by atoms with van der Waals surface area (Å²) in [4.78, 5) is 21.4. The molecule has 0 N–H and O–H groups in total.